The molecule has 4 heteroatoms. The second-order valence-corrected chi connectivity index (χ2v) is 5.38. The molecule has 1 aliphatic rings. The lowest BCUT2D eigenvalue weighted by Crippen LogP contribution is -2.36. The van der Waals surface area contributed by atoms with Gasteiger partial charge < -0.3 is 15.5 Å². The average molecular weight is 261 g/mol. The van der Waals surface area contributed by atoms with Crippen molar-refractivity contribution in [2.45, 2.75) is 26.3 Å². The van der Waals surface area contributed by atoms with Gasteiger partial charge in [-0.15, -0.1) is 0 Å². The number of likely N-dealkylation sites (N-methyl/N-ethyl adjacent to an activating group) is 1. The molecular weight excluding hydrogens is 238 g/mol. The number of carbonyl (C=O) groups is 1. The van der Waals surface area contributed by atoms with Gasteiger partial charge in [0.15, 0.2) is 0 Å². The number of rotatable bonds is 5. The number of nitrogens with one attached hydrogen (secondary N) is 2. The summed E-state index contributed by atoms with van der Waals surface area (Å²) >= 11 is 0. The van der Waals surface area contributed by atoms with Crippen LogP contribution in [0.1, 0.15) is 29.8 Å². The normalized spacial score (nSPS) is 13.5. The zero-order valence-corrected chi connectivity index (χ0v) is 12.0. The van der Waals surface area contributed by atoms with E-state index in [1.54, 1.807) is 0 Å². The summed E-state index contributed by atoms with van der Waals surface area (Å²) < 4.78 is 0. The lowest BCUT2D eigenvalue weighted by Gasteiger charge is -2.20. The fourth-order valence-electron chi connectivity index (χ4n) is 2.14. The van der Waals surface area contributed by atoms with E-state index in [-0.39, 0.29) is 5.91 Å². The number of anilines is 1. The Labute approximate surface area is 115 Å². The maximum absolute atomic E-state index is 12.0. The molecule has 0 aliphatic carbocycles. The van der Waals surface area contributed by atoms with Crippen molar-refractivity contribution in [3.8, 4) is 0 Å². The summed E-state index contributed by atoms with van der Waals surface area (Å²) in [5.41, 5.74) is 3.14. The highest BCUT2D eigenvalue weighted by Gasteiger charge is 2.13. The van der Waals surface area contributed by atoms with Gasteiger partial charge in [-0.3, -0.25) is 4.79 Å². The van der Waals surface area contributed by atoms with Gasteiger partial charge in [-0.1, -0.05) is 6.07 Å². The van der Waals surface area contributed by atoms with Crippen molar-refractivity contribution in [2.24, 2.45) is 0 Å². The molecule has 1 aliphatic heterocycles. The van der Waals surface area contributed by atoms with E-state index in [4.69, 9.17) is 0 Å². The second-order valence-electron chi connectivity index (χ2n) is 5.38. The largest absolute Gasteiger partial charge is 0.384 e. The Balaban J connectivity index is 1.86. The predicted octanol–water partition coefficient (Wildman–Crippen LogP) is 1.72. The molecule has 1 heterocycles. The highest BCUT2D eigenvalue weighted by molar-refractivity contribution is 5.95. The Bertz CT molecular complexity index is 457. The molecule has 0 aromatic heterocycles. The van der Waals surface area contributed by atoms with E-state index in [0.29, 0.717) is 12.6 Å². The molecule has 0 unspecified atom stereocenters. The van der Waals surface area contributed by atoms with Crippen LogP contribution in [0.2, 0.25) is 0 Å². The summed E-state index contributed by atoms with van der Waals surface area (Å²) in [6.07, 6.45) is 1.05. The third-order valence-corrected chi connectivity index (χ3v) is 3.71. The number of amides is 1. The van der Waals surface area contributed by atoms with E-state index in [9.17, 15) is 4.79 Å². The van der Waals surface area contributed by atoms with Crippen LogP contribution in [0.25, 0.3) is 0 Å². The first-order valence-corrected chi connectivity index (χ1v) is 6.93. The van der Waals surface area contributed by atoms with E-state index < -0.39 is 0 Å². The molecule has 19 heavy (non-hydrogen) atoms. The van der Waals surface area contributed by atoms with Crippen LogP contribution in [-0.2, 0) is 6.42 Å². The first-order chi connectivity index (χ1) is 9.08. The van der Waals surface area contributed by atoms with Crippen molar-refractivity contribution in [1.82, 2.24) is 10.2 Å². The molecule has 2 N–H and O–H groups in total. The van der Waals surface area contributed by atoms with Crippen LogP contribution >= 0.6 is 0 Å². The van der Waals surface area contributed by atoms with Gasteiger partial charge in [0.2, 0.25) is 0 Å². The van der Waals surface area contributed by atoms with Gasteiger partial charge in [0.25, 0.3) is 5.91 Å². The summed E-state index contributed by atoms with van der Waals surface area (Å²) in [6, 6.07) is 6.41. The van der Waals surface area contributed by atoms with Crippen molar-refractivity contribution in [3.63, 3.8) is 0 Å². The Morgan fingerprint density at radius 2 is 2.26 bits per heavy atom. The van der Waals surface area contributed by atoms with Crippen LogP contribution in [0, 0.1) is 0 Å². The van der Waals surface area contributed by atoms with E-state index in [2.05, 4.69) is 36.4 Å². The number of nitrogens with zero attached hydrogens (tertiary/aromatic N) is 1. The number of carbonyl (C=O) groups excluding carboxylic acids is 1. The van der Waals surface area contributed by atoms with Crippen LogP contribution < -0.4 is 10.6 Å². The van der Waals surface area contributed by atoms with Crippen LogP contribution in [-0.4, -0.2) is 43.5 Å². The molecule has 1 amide bonds. The minimum absolute atomic E-state index is 0.00801. The molecule has 1 aromatic carbocycles. The van der Waals surface area contributed by atoms with Crippen LogP contribution in [0.15, 0.2) is 18.2 Å². The Morgan fingerprint density at radius 3 is 3.00 bits per heavy atom. The fraction of sp³-hybridized carbons (Fsp3) is 0.533. The van der Waals surface area contributed by atoms with Crippen molar-refractivity contribution < 1.29 is 4.79 Å². The van der Waals surface area contributed by atoms with Crippen LogP contribution in [0.3, 0.4) is 0 Å². The summed E-state index contributed by atoms with van der Waals surface area (Å²) in [5.74, 6) is 0.00801. The van der Waals surface area contributed by atoms with Crippen molar-refractivity contribution >= 4 is 11.6 Å². The minimum Gasteiger partial charge on any atom is -0.384 e. The molecule has 0 radical (unpaired) electrons. The van der Waals surface area contributed by atoms with Gasteiger partial charge >= 0.3 is 0 Å². The van der Waals surface area contributed by atoms with Gasteiger partial charge in [0, 0.05) is 36.9 Å². The molecule has 0 saturated carbocycles. The smallest absolute Gasteiger partial charge is 0.251 e. The highest BCUT2D eigenvalue weighted by atomic mass is 16.1. The number of benzene rings is 1. The van der Waals surface area contributed by atoms with Gasteiger partial charge in [0.05, 0.1) is 0 Å². The van der Waals surface area contributed by atoms with Crippen molar-refractivity contribution in [1.29, 1.82) is 0 Å². The standard InChI is InChI=1S/C15H23N3O/c1-11(2)18(3)9-8-17-15(19)13-5-4-12-6-7-16-14(12)10-13/h4-5,10-11,16H,6-9H2,1-3H3,(H,17,19). The molecule has 0 atom stereocenters. The lowest BCUT2D eigenvalue weighted by molar-refractivity contribution is 0.0948. The molecule has 4 nitrogen and oxygen atoms in total. The summed E-state index contributed by atoms with van der Waals surface area (Å²) in [4.78, 5) is 14.3. The molecule has 2 rings (SSSR count). The van der Waals surface area contributed by atoms with Crippen LogP contribution in [0.5, 0.6) is 0 Å². The molecule has 0 bridgehead atoms. The maximum atomic E-state index is 12.0. The minimum atomic E-state index is 0.00801. The maximum Gasteiger partial charge on any atom is 0.251 e. The predicted molar refractivity (Wildman–Crippen MR) is 78.7 cm³/mol. The van der Waals surface area contributed by atoms with Gasteiger partial charge in [0.1, 0.15) is 0 Å². The molecule has 104 valence electrons. The average Bonchev–Trinajstić information content (AvgIpc) is 2.85. The van der Waals surface area contributed by atoms with Crippen LogP contribution in [0.4, 0.5) is 5.69 Å². The molecule has 1 aromatic rings. The zero-order chi connectivity index (χ0) is 13.8. The number of hydrogen-bond acceptors (Lipinski definition) is 3. The molecule has 0 saturated heterocycles. The first kappa shape index (κ1) is 13.9. The Morgan fingerprint density at radius 1 is 1.47 bits per heavy atom. The quantitative estimate of drug-likeness (QED) is 0.848. The number of fused-ring (bicyclic) bond motifs is 1. The second kappa shape index (κ2) is 6.06. The van der Waals surface area contributed by atoms with Crippen molar-refractivity contribution in [3.05, 3.63) is 29.3 Å². The van der Waals surface area contributed by atoms with E-state index in [1.165, 1.54) is 5.56 Å². The SMILES string of the molecule is CC(C)N(C)CCNC(=O)c1ccc2c(c1)NCC2. The van der Waals surface area contributed by atoms with Crippen molar-refractivity contribution in [2.75, 3.05) is 32.0 Å². The lowest BCUT2D eigenvalue weighted by atomic mass is 10.1. The summed E-state index contributed by atoms with van der Waals surface area (Å²) in [5, 5.41) is 6.26. The molecule has 0 fully saturated rings. The fourth-order valence-corrected chi connectivity index (χ4v) is 2.14. The molecular formula is C15H23N3O. The summed E-state index contributed by atoms with van der Waals surface area (Å²) in [6.45, 7) is 6.81. The van der Waals surface area contributed by atoms with Gasteiger partial charge in [-0.05, 0) is 45.0 Å². The Kier molecular flexibility index (Phi) is 4.43. The highest BCUT2D eigenvalue weighted by Crippen LogP contribution is 2.22. The zero-order valence-electron chi connectivity index (χ0n) is 12.0. The number of hydrogen-bond donors (Lipinski definition) is 2. The molecule has 0 spiro atoms. The van der Waals surface area contributed by atoms with E-state index >= 15 is 0 Å². The summed E-state index contributed by atoms with van der Waals surface area (Å²) in [7, 11) is 2.07. The van der Waals surface area contributed by atoms with E-state index in [1.807, 2.05) is 18.2 Å². The first-order valence-electron chi connectivity index (χ1n) is 6.93. The third kappa shape index (κ3) is 3.47. The Hall–Kier alpha value is -1.55. The van der Waals surface area contributed by atoms with E-state index in [0.717, 1.165) is 30.8 Å². The van der Waals surface area contributed by atoms with Gasteiger partial charge in [-0.2, -0.15) is 0 Å². The third-order valence-electron chi connectivity index (χ3n) is 3.71. The topological polar surface area (TPSA) is 44.4 Å². The van der Waals surface area contributed by atoms with Gasteiger partial charge in [-0.25, -0.2) is 0 Å². The monoisotopic (exact) mass is 261 g/mol.